The Labute approximate surface area is 109 Å². The first-order chi connectivity index (χ1) is 8.66. The Hall–Kier alpha value is -0.610. The second kappa shape index (κ2) is 4.82. The predicted octanol–water partition coefficient (Wildman–Crippen LogP) is 0.570. The second-order valence-corrected chi connectivity index (χ2v) is 6.46. The number of nitrogens with zero attached hydrogens (tertiary/aromatic N) is 1. The van der Waals surface area contributed by atoms with Gasteiger partial charge in [-0.1, -0.05) is 0 Å². The first kappa shape index (κ1) is 12.4. The minimum Gasteiger partial charge on any atom is -0.354 e. The summed E-state index contributed by atoms with van der Waals surface area (Å²) >= 11 is 0. The fourth-order valence-electron chi connectivity index (χ4n) is 4.30. The lowest BCUT2D eigenvalue weighted by atomic mass is 9.84. The summed E-state index contributed by atoms with van der Waals surface area (Å²) in [5.41, 5.74) is 6.20. The number of nitrogens with two attached hydrogens (primary N) is 1. The molecule has 4 nitrogen and oxygen atoms in total. The molecule has 3 aliphatic rings. The lowest BCUT2D eigenvalue weighted by Crippen LogP contribution is -2.47. The third kappa shape index (κ3) is 2.05. The van der Waals surface area contributed by atoms with Gasteiger partial charge in [0.15, 0.2) is 0 Å². The lowest BCUT2D eigenvalue weighted by Gasteiger charge is -2.28. The van der Waals surface area contributed by atoms with Gasteiger partial charge in [-0.2, -0.15) is 0 Å². The van der Waals surface area contributed by atoms with Crippen LogP contribution in [0.3, 0.4) is 0 Å². The number of nitrogens with one attached hydrogen (secondary N) is 1. The van der Waals surface area contributed by atoms with Gasteiger partial charge in [-0.25, -0.2) is 0 Å². The quantitative estimate of drug-likeness (QED) is 0.771. The molecule has 0 radical (unpaired) electrons. The molecule has 2 aliphatic carbocycles. The van der Waals surface area contributed by atoms with Crippen molar-refractivity contribution in [2.45, 2.75) is 44.2 Å². The van der Waals surface area contributed by atoms with Crippen molar-refractivity contribution >= 4 is 5.91 Å². The van der Waals surface area contributed by atoms with Crippen molar-refractivity contribution in [2.24, 2.45) is 23.5 Å². The van der Waals surface area contributed by atoms with Gasteiger partial charge < -0.3 is 16.0 Å². The van der Waals surface area contributed by atoms with E-state index in [1.807, 2.05) is 0 Å². The molecule has 3 fully saturated rings. The molecule has 18 heavy (non-hydrogen) atoms. The molecule has 4 heteroatoms. The molecule has 0 aromatic rings. The molecule has 0 aromatic carbocycles. The van der Waals surface area contributed by atoms with Crippen LogP contribution in [0.25, 0.3) is 0 Å². The highest BCUT2D eigenvalue weighted by Gasteiger charge is 2.49. The summed E-state index contributed by atoms with van der Waals surface area (Å²) in [6.07, 6.45) is 6.09. The molecule has 3 N–H and O–H groups in total. The van der Waals surface area contributed by atoms with E-state index in [0.717, 1.165) is 13.1 Å². The summed E-state index contributed by atoms with van der Waals surface area (Å²) in [6, 6.07) is 0.647. The van der Waals surface area contributed by atoms with Gasteiger partial charge in [0.05, 0.1) is 5.92 Å². The van der Waals surface area contributed by atoms with E-state index in [-0.39, 0.29) is 17.9 Å². The van der Waals surface area contributed by atoms with Gasteiger partial charge >= 0.3 is 0 Å². The zero-order valence-electron chi connectivity index (χ0n) is 11.3. The van der Waals surface area contributed by atoms with E-state index >= 15 is 0 Å². The first-order valence-electron chi connectivity index (χ1n) is 7.40. The van der Waals surface area contributed by atoms with Gasteiger partial charge in [0.2, 0.25) is 5.91 Å². The minimum absolute atomic E-state index is 0.0930. The predicted molar refractivity (Wildman–Crippen MR) is 71.0 cm³/mol. The largest absolute Gasteiger partial charge is 0.354 e. The molecule has 102 valence electrons. The zero-order valence-corrected chi connectivity index (χ0v) is 11.3. The molecule has 5 atom stereocenters. The Morgan fingerprint density at radius 3 is 2.72 bits per heavy atom. The molecule has 1 aliphatic heterocycles. The van der Waals surface area contributed by atoms with Crippen LogP contribution >= 0.6 is 0 Å². The maximum atomic E-state index is 12.3. The smallest absolute Gasteiger partial charge is 0.225 e. The maximum absolute atomic E-state index is 12.3. The summed E-state index contributed by atoms with van der Waals surface area (Å²) in [5, 5.41) is 3.15. The molecule has 1 amide bonds. The van der Waals surface area contributed by atoms with Gasteiger partial charge in [0.25, 0.3) is 0 Å². The number of carbonyl (C=O) groups excluding carboxylic acids is 1. The summed E-state index contributed by atoms with van der Waals surface area (Å²) < 4.78 is 0. The molecule has 1 heterocycles. The van der Waals surface area contributed by atoms with Crippen LogP contribution in [0.1, 0.15) is 32.1 Å². The van der Waals surface area contributed by atoms with E-state index in [0.29, 0.717) is 17.9 Å². The topological polar surface area (TPSA) is 58.4 Å². The van der Waals surface area contributed by atoms with E-state index in [4.69, 9.17) is 5.73 Å². The average Bonchev–Trinajstić information content (AvgIpc) is 3.02. The van der Waals surface area contributed by atoms with E-state index in [1.165, 1.54) is 32.1 Å². The monoisotopic (exact) mass is 251 g/mol. The fourth-order valence-corrected chi connectivity index (χ4v) is 4.30. The highest BCUT2D eigenvalue weighted by Crippen LogP contribution is 2.47. The summed E-state index contributed by atoms with van der Waals surface area (Å²) in [6.45, 7) is 1.96. The van der Waals surface area contributed by atoms with Crippen LogP contribution in [-0.4, -0.2) is 43.0 Å². The maximum Gasteiger partial charge on any atom is 0.225 e. The van der Waals surface area contributed by atoms with Crippen molar-refractivity contribution < 1.29 is 4.79 Å². The van der Waals surface area contributed by atoms with E-state index in [1.54, 1.807) is 0 Å². The number of hydrogen-bond acceptors (Lipinski definition) is 3. The highest BCUT2D eigenvalue weighted by atomic mass is 16.2. The van der Waals surface area contributed by atoms with Crippen LogP contribution in [-0.2, 0) is 4.79 Å². The summed E-state index contributed by atoms with van der Waals surface area (Å²) in [5.74, 6) is 1.48. The Balaban J connectivity index is 1.52. The van der Waals surface area contributed by atoms with Crippen molar-refractivity contribution in [3.63, 3.8) is 0 Å². The lowest BCUT2D eigenvalue weighted by molar-refractivity contribution is -0.127. The minimum atomic E-state index is 0.0930. The van der Waals surface area contributed by atoms with Crippen molar-refractivity contribution in [2.75, 3.05) is 20.1 Å². The molecule has 2 bridgehead atoms. The summed E-state index contributed by atoms with van der Waals surface area (Å²) in [4.78, 5) is 14.6. The number of rotatable bonds is 3. The van der Waals surface area contributed by atoms with E-state index in [2.05, 4.69) is 17.3 Å². The third-order valence-electron chi connectivity index (χ3n) is 5.47. The number of carbonyl (C=O) groups is 1. The first-order valence-corrected chi connectivity index (χ1v) is 7.40. The van der Waals surface area contributed by atoms with Crippen molar-refractivity contribution in [3.05, 3.63) is 0 Å². The molecule has 1 saturated heterocycles. The molecule has 0 aromatic heterocycles. The van der Waals surface area contributed by atoms with Crippen molar-refractivity contribution in [1.82, 2.24) is 10.2 Å². The SMILES string of the molecule is CN1CCCC1CNC(=O)C1C2CCC(C2)C1N. The molecular formula is C14H25N3O. The van der Waals surface area contributed by atoms with Crippen LogP contribution in [0.5, 0.6) is 0 Å². The number of amides is 1. The second-order valence-electron chi connectivity index (χ2n) is 6.46. The van der Waals surface area contributed by atoms with Gasteiger partial charge in [-0.15, -0.1) is 0 Å². The number of hydrogen-bond donors (Lipinski definition) is 2. The Morgan fingerprint density at radius 2 is 2.11 bits per heavy atom. The highest BCUT2D eigenvalue weighted by molar-refractivity contribution is 5.80. The van der Waals surface area contributed by atoms with Gasteiger partial charge in [-0.3, -0.25) is 4.79 Å². The average molecular weight is 251 g/mol. The van der Waals surface area contributed by atoms with Gasteiger partial charge in [0, 0.05) is 18.6 Å². The van der Waals surface area contributed by atoms with Crippen LogP contribution < -0.4 is 11.1 Å². The zero-order chi connectivity index (χ0) is 12.7. The number of fused-ring (bicyclic) bond motifs is 2. The van der Waals surface area contributed by atoms with E-state index in [9.17, 15) is 4.79 Å². The van der Waals surface area contributed by atoms with Crippen LogP contribution in [0.4, 0.5) is 0 Å². The standard InChI is InChI=1S/C14H25N3O/c1-17-6-2-3-11(17)8-16-14(18)12-9-4-5-10(7-9)13(12)15/h9-13H,2-8,15H2,1H3,(H,16,18). The fraction of sp³-hybridized carbons (Fsp3) is 0.929. The van der Waals surface area contributed by atoms with Gasteiger partial charge in [-0.05, 0) is 57.5 Å². The number of likely N-dealkylation sites (N-methyl/N-ethyl adjacent to an activating group) is 1. The third-order valence-corrected chi connectivity index (χ3v) is 5.47. The van der Waals surface area contributed by atoms with Crippen molar-refractivity contribution in [3.8, 4) is 0 Å². The van der Waals surface area contributed by atoms with E-state index < -0.39 is 0 Å². The van der Waals surface area contributed by atoms with Gasteiger partial charge in [0.1, 0.15) is 0 Å². The number of likely N-dealkylation sites (tertiary alicyclic amines) is 1. The Bertz CT molecular complexity index is 331. The molecule has 3 rings (SSSR count). The van der Waals surface area contributed by atoms with Crippen molar-refractivity contribution in [1.29, 1.82) is 0 Å². The van der Waals surface area contributed by atoms with Crippen LogP contribution in [0.15, 0.2) is 0 Å². The molecule has 0 spiro atoms. The Kier molecular flexibility index (Phi) is 3.32. The Morgan fingerprint density at radius 1 is 1.33 bits per heavy atom. The molecule has 2 saturated carbocycles. The molecular weight excluding hydrogens is 226 g/mol. The van der Waals surface area contributed by atoms with Crippen LogP contribution in [0, 0.1) is 17.8 Å². The van der Waals surface area contributed by atoms with Crippen LogP contribution in [0.2, 0.25) is 0 Å². The molecule has 5 unspecified atom stereocenters. The summed E-state index contributed by atoms with van der Waals surface area (Å²) in [7, 11) is 2.15. The normalized spacial score (nSPS) is 43.6.